The number of hydrogen-bond donors (Lipinski definition) is 1. The molecule has 0 amide bonds. The van der Waals surface area contributed by atoms with E-state index in [0.29, 0.717) is 6.42 Å². The van der Waals surface area contributed by atoms with Crippen LogP contribution in [0.1, 0.15) is 30.0 Å². The molecule has 7 heteroatoms. The third kappa shape index (κ3) is 4.74. The minimum atomic E-state index is -4.26. The van der Waals surface area contributed by atoms with Crippen LogP contribution in [0.15, 0.2) is 5.38 Å². The van der Waals surface area contributed by atoms with Crippen LogP contribution in [-0.2, 0) is 17.6 Å². The maximum atomic E-state index is 11.9. The maximum Gasteiger partial charge on any atom is 0.411 e. The molecule has 1 aromatic heterocycles. The van der Waals surface area contributed by atoms with Crippen LogP contribution in [0.5, 0.6) is 0 Å². The lowest BCUT2D eigenvalue weighted by Crippen LogP contribution is -2.48. The third-order valence-corrected chi connectivity index (χ3v) is 4.17. The van der Waals surface area contributed by atoms with Gasteiger partial charge >= 0.3 is 6.18 Å². The summed E-state index contributed by atoms with van der Waals surface area (Å²) in [5.41, 5.74) is 6.96. The summed E-state index contributed by atoms with van der Waals surface area (Å²) in [4.78, 5) is 4.39. The lowest BCUT2D eigenvalue weighted by Gasteiger charge is -2.37. The molecule has 0 unspecified atom stereocenters. The number of ether oxygens (including phenoxy) is 1. The molecule has 1 aliphatic rings. The fourth-order valence-corrected chi connectivity index (χ4v) is 2.84. The van der Waals surface area contributed by atoms with Gasteiger partial charge in [-0.2, -0.15) is 13.2 Å². The SMILES string of the molecule is NC1(Cc2csc(CCOCC(F)(F)F)n2)CCC1. The maximum absolute atomic E-state index is 11.9. The number of halogens is 3. The van der Waals surface area contributed by atoms with Crippen LogP contribution in [0, 0.1) is 0 Å². The van der Waals surface area contributed by atoms with Gasteiger partial charge in [0, 0.05) is 23.8 Å². The molecule has 108 valence electrons. The molecule has 0 atom stereocenters. The molecule has 2 N–H and O–H groups in total. The minimum absolute atomic E-state index is 0.0419. The summed E-state index contributed by atoms with van der Waals surface area (Å²) in [7, 11) is 0. The van der Waals surface area contributed by atoms with Crippen molar-refractivity contribution in [3.8, 4) is 0 Å². The standard InChI is InChI=1S/C12H17F3N2OS/c13-12(14,15)8-18-5-2-10-17-9(7-19-10)6-11(16)3-1-4-11/h7H,1-6,8,16H2. The first-order valence-electron chi connectivity index (χ1n) is 6.23. The predicted octanol–water partition coefficient (Wildman–Crippen LogP) is 2.69. The number of rotatable bonds is 6. The molecule has 3 nitrogen and oxygen atoms in total. The van der Waals surface area contributed by atoms with Crippen LogP contribution in [-0.4, -0.2) is 29.9 Å². The molecular formula is C12H17F3N2OS. The molecule has 1 aliphatic carbocycles. The topological polar surface area (TPSA) is 48.1 Å². The zero-order chi connectivity index (χ0) is 13.9. The van der Waals surface area contributed by atoms with Crippen molar-refractivity contribution in [2.75, 3.05) is 13.2 Å². The van der Waals surface area contributed by atoms with E-state index in [1.54, 1.807) is 0 Å². The molecular weight excluding hydrogens is 277 g/mol. The van der Waals surface area contributed by atoms with Gasteiger partial charge in [0.25, 0.3) is 0 Å². The number of hydrogen-bond acceptors (Lipinski definition) is 4. The van der Waals surface area contributed by atoms with Gasteiger partial charge in [0.1, 0.15) is 6.61 Å². The van der Waals surface area contributed by atoms with E-state index in [1.165, 1.54) is 17.8 Å². The number of nitrogens with two attached hydrogens (primary N) is 1. The van der Waals surface area contributed by atoms with Crippen LogP contribution in [0.25, 0.3) is 0 Å². The Bertz CT molecular complexity index is 415. The number of alkyl halides is 3. The first kappa shape index (κ1) is 14.7. The molecule has 1 heterocycles. The smallest absolute Gasteiger partial charge is 0.372 e. The van der Waals surface area contributed by atoms with E-state index in [-0.39, 0.29) is 12.1 Å². The highest BCUT2D eigenvalue weighted by atomic mass is 32.1. The first-order chi connectivity index (χ1) is 8.86. The van der Waals surface area contributed by atoms with Crippen molar-refractivity contribution in [3.05, 3.63) is 16.1 Å². The Morgan fingerprint density at radius 1 is 1.42 bits per heavy atom. The largest absolute Gasteiger partial charge is 0.411 e. The molecule has 0 aromatic carbocycles. The number of nitrogens with zero attached hydrogens (tertiary/aromatic N) is 1. The monoisotopic (exact) mass is 294 g/mol. The molecule has 0 radical (unpaired) electrons. The minimum Gasteiger partial charge on any atom is -0.372 e. The summed E-state index contributed by atoms with van der Waals surface area (Å²) in [5, 5.41) is 2.74. The van der Waals surface area contributed by atoms with Gasteiger partial charge in [0.2, 0.25) is 0 Å². The fourth-order valence-electron chi connectivity index (χ4n) is 2.06. The number of thiazole rings is 1. The van der Waals surface area contributed by atoms with Crippen LogP contribution in [0.4, 0.5) is 13.2 Å². The van der Waals surface area contributed by atoms with Crippen molar-refractivity contribution < 1.29 is 17.9 Å². The van der Waals surface area contributed by atoms with E-state index in [0.717, 1.165) is 30.0 Å². The Kier molecular flexibility index (Phi) is 4.47. The lowest BCUT2D eigenvalue weighted by molar-refractivity contribution is -0.173. The Labute approximate surface area is 114 Å². The van der Waals surface area contributed by atoms with Gasteiger partial charge in [-0.3, -0.25) is 0 Å². The Morgan fingerprint density at radius 3 is 2.74 bits per heavy atom. The van der Waals surface area contributed by atoms with Crippen LogP contribution in [0.2, 0.25) is 0 Å². The fraction of sp³-hybridized carbons (Fsp3) is 0.750. The molecule has 0 saturated heterocycles. The van der Waals surface area contributed by atoms with E-state index in [2.05, 4.69) is 9.72 Å². The summed E-state index contributed by atoms with van der Waals surface area (Å²) < 4.78 is 40.2. The molecule has 0 spiro atoms. The van der Waals surface area contributed by atoms with Gasteiger partial charge in [-0.05, 0) is 19.3 Å². The molecule has 0 bridgehead atoms. The Balaban J connectivity index is 1.72. The Hall–Kier alpha value is -0.660. The van der Waals surface area contributed by atoms with Crippen LogP contribution >= 0.6 is 11.3 Å². The van der Waals surface area contributed by atoms with Gasteiger partial charge in [-0.15, -0.1) is 11.3 Å². The summed E-state index contributed by atoms with van der Waals surface area (Å²) in [6.45, 7) is -1.16. The van der Waals surface area contributed by atoms with Gasteiger partial charge in [0.05, 0.1) is 17.3 Å². The highest BCUT2D eigenvalue weighted by Crippen LogP contribution is 2.32. The van der Waals surface area contributed by atoms with Crippen LogP contribution in [0.3, 0.4) is 0 Å². The second-order valence-electron chi connectivity index (χ2n) is 5.04. The second kappa shape index (κ2) is 5.76. The van der Waals surface area contributed by atoms with E-state index in [4.69, 9.17) is 5.73 Å². The van der Waals surface area contributed by atoms with E-state index < -0.39 is 12.8 Å². The summed E-state index contributed by atoms with van der Waals surface area (Å²) in [5.74, 6) is 0. The normalized spacial score (nSPS) is 18.3. The van der Waals surface area contributed by atoms with E-state index >= 15 is 0 Å². The Morgan fingerprint density at radius 2 is 2.16 bits per heavy atom. The average Bonchev–Trinajstić information content (AvgIpc) is 2.69. The molecule has 1 fully saturated rings. The highest BCUT2D eigenvalue weighted by molar-refractivity contribution is 7.09. The summed E-state index contributed by atoms with van der Waals surface area (Å²) in [6, 6.07) is 0. The molecule has 1 saturated carbocycles. The first-order valence-corrected chi connectivity index (χ1v) is 7.11. The van der Waals surface area contributed by atoms with E-state index in [9.17, 15) is 13.2 Å². The van der Waals surface area contributed by atoms with Crippen molar-refractivity contribution in [2.24, 2.45) is 5.73 Å². The molecule has 0 aliphatic heterocycles. The molecule has 19 heavy (non-hydrogen) atoms. The van der Waals surface area contributed by atoms with Crippen molar-refractivity contribution in [1.82, 2.24) is 4.98 Å². The molecule has 2 rings (SSSR count). The van der Waals surface area contributed by atoms with Gasteiger partial charge < -0.3 is 10.5 Å². The highest BCUT2D eigenvalue weighted by Gasteiger charge is 2.33. The predicted molar refractivity (Wildman–Crippen MR) is 67.2 cm³/mol. The average molecular weight is 294 g/mol. The quantitative estimate of drug-likeness (QED) is 0.821. The van der Waals surface area contributed by atoms with Gasteiger partial charge in [-0.25, -0.2) is 4.98 Å². The third-order valence-electron chi connectivity index (χ3n) is 3.21. The second-order valence-corrected chi connectivity index (χ2v) is 5.99. The van der Waals surface area contributed by atoms with Crippen molar-refractivity contribution in [1.29, 1.82) is 0 Å². The van der Waals surface area contributed by atoms with Crippen molar-refractivity contribution >= 4 is 11.3 Å². The molecule has 1 aromatic rings. The zero-order valence-corrected chi connectivity index (χ0v) is 11.3. The van der Waals surface area contributed by atoms with Crippen molar-refractivity contribution in [3.63, 3.8) is 0 Å². The summed E-state index contributed by atoms with van der Waals surface area (Å²) >= 11 is 1.45. The van der Waals surface area contributed by atoms with E-state index in [1.807, 2.05) is 5.38 Å². The zero-order valence-electron chi connectivity index (χ0n) is 10.5. The van der Waals surface area contributed by atoms with Gasteiger partial charge in [-0.1, -0.05) is 0 Å². The van der Waals surface area contributed by atoms with Crippen molar-refractivity contribution in [2.45, 2.75) is 43.8 Å². The number of aromatic nitrogens is 1. The van der Waals surface area contributed by atoms with Crippen LogP contribution < -0.4 is 5.73 Å². The van der Waals surface area contributed by atoms with Gasteiger partial charge in [0.15, 0.2) is 0 Å². The summed E-state index contributed by atoms with van der Waals surface area (Å²) in [6.07, 6.45) is 0.122. The lowest BCUT2D eigenvalue weighted by atomic mass is 9.75.